The monoisotopic (exact) mass is 182 g/mol. The van der Waals surface area contributed by atoms with Crippen molar-refractivity contribution in [2.75, 3.05) is 0 Å². The predicted octanol–water partition coefficient (Wildman–Crippen LogP) is 1.37. The molecule has 6 nitrogen and oxygen atoms in total. The molecule has 0 aromatic heterocycles. The molecule has 68 valence electrons. The molecule has 0 bridgehead atoms. The number of nitrogens with zero attached hydrogens (tertiary/aromatic N) is 2. The fourth-order valence-corrected chi connectivity index (χ4v) is 0.962. The molecule has 0 saturated heterocycles. The van der Waals surface area contributed by atoms with Crippen LogP contribution < -0.4 is 0 Å². The van der Waals surface area contributed by atoms with Gasteiger partial charge >= 0.3 is 0 Å². The summed E-state index contributed by atoms with van der Waals surface area (Å²) in [7, 11) is 0. The van der Waals surface area contributed by atoms with Gasteiger partial charge in [0.15, 0.2) is 0 Å². The van der Waals surface area contributed by atoms with Crippen molar-refractivity contribution in [2.24, 2.45) is 0 Å². The van der Waals surface area contributed by atoms with Crippen LogP contribution in [0, 0.1) is 20.2 Å². The summed E-state index contributed by atoms with van der Waals surface area (Å²) >= 11 is 0. The van der Waals surface area contributed by atoms with Crippen LogP contribution in [0.5, 0.6) is 0 Å². The van der Waals surface area contributed by atoms with E-state index in [0.29, 0.717) is 0 Å². The van der Waals surface area contributed by atoms with Gasteiger partial charge in [-0.1, -0.05) is 12.1 Å². The van der Waals surface area contributed by atoms with E-state index in [1.807, 2.05) is 0 Å². The second kappa shape index (κ2) is 3.61. The lowest BCUT2D eigenvalue weighted by atomic mass is 10.2. The molecule has 0 amide bonds. The zero-order valence-corrected chi connectivity index (χ0v) is 6.54. The van der Waals surface area contributed by atoms with Gasteiger partial charge in [0.2, 0.25) is 6.54 Å². The molecule has 0 atom stereocenters. The second-order valence-corrected chi connectivity index (χ2v) is 2.38. The number of hydrogen-bond donors (Lipinski definition) is 0. The third-order valence-electron chi connectivity index (χ3n) is 1.49. The van der Waals surface area contributed by atoms with Gasteiger partial charge in [-0.05, 0) is 6.07 Å². The van der Waals surface area contributed by atoms with Crippen molar-refractivity contribution < 1.29 is 9.85 Å². The van der Waals surface area contributed by atoms with Crippen molar-refractivity contribution in [3.05, 3.63) is 50.1 Å². The summed E-state index contributed by atoms with van der Waals surface area (Å²) in [5, 5.41) is 20.5. The van der Waals surface area contributed by atoms with Gasteiger partial charge in [-0.15, -0.1) is 0 Å². The van der Waals surface area contributed by atoms with Gasteiger partial charge in [-0.25, -0.2) is 0 Å². The molecule has 0 N–H and O–H groups in total. The average molecular weight is 182 g/mol. The summed E-state index contributed by atoms with van der Waals surface area (Å²) in [6.45, 7) is -0.517. The number of rotatable bonds is 3. The first kappa shape index (κ1) is 9.11. The maximum atomic E-state index is 10.4. The quantitative estimate of drug-likeness (QED) is 0.521. The van der Waals surface area contributed by atoms with Gasteiger partial charge in [0.25, 0.3) is 5.69 Å². The lowest BCUT2D eigenvalue weighted by molar-refractivity contribution is -0.498. The standard InChI is InChI=1S/C7H6N2O4/c10-8(11)5-6-3-1-2-4-7(6)9(12)13/h1-4H,5H2. The smallest absolute Gasteiger partial charge is 0.264 e. The van der Waals surface area contributed by atoms with Crippen molar-refractivity contribution in [3.8, 4) is 0 Å². The van der Waals surface area contributed by atoms with Crippen LogP contribution in [0.2, 0.25) is 0 Å². The van der Waals surface area contributed by atoms with E-state index < -0.39 is 16.4 Å². The molecule has 1 aromatic carbocycles. The summed E-state index contributed by atoms with van der Waals surface area (Å²) < 4.78 is 0. The molecule has 1 rings (SSSR count). The van der Waals surface area contributed by atoms with Gasteiger partial charge in [0, 0.05) is 11.0 Å². The lowest BCUT2D eigenvalue weighted by Crippen LogP contribution is -2.01. The largest absolute Gasteiger partial charge is 0.279 e. The molecule has 0 saturated carbocycles. The van der Waals surface area contributed by atoms with Crippen LogP contribution in [0.4, 0.5) is 5.69 Å². The Balaban J connectivity index is 3.04. The van der Waals surface area contributed by atoms with Crippen molar-refractivity contribution >= 4 is 5.69 Å². The van der Waals surface area contributed by atoms with E-state index in [0.717, 1.165) is 0 Å². The fraction of sp³-hybridized carbons (Fsp3) is 0.143. The Hall–Kier alpha value is -1.98. The molecule has 0 heterocycles. The number of para-hydroxylation sites is 1. The van der Waals surface area contributed by atoms with Crippen molar-refractivity contribution in [1.82, 2.24) is 0 Å². The first-order valence-electron chi connectivity index (χ1n) is 3.45. The van der Waals surface area contributed by atoms with Crippen molar-refractivity contribution in [1.29, 1.82) is 0 Å². The Morgan fingerprint density at radius 3 is 2.31 bits per heavy atom. The molecule has 1 aromatic rings. The third-order valence-corrected chi connectivity index (χ3v) is 1.49. The van der Waals surface area contributed by atoms with Crippen LogP contribution in [0.1, 0.15) is 5.56 Å². The SMILES string of the molecule is O=[N+]([O-])Cc1ccccc1[N+](=O)[O-]. The van der Waals surface area contributed by atoms with E-state index in [-0.39, 0.29) is 11.3 Å². The van der Waals surface area contributed by atoms with E-state index in [1.165, 1.54) is 24.3 Å². The van der Waals surface area contributed by atoms with Gasteiger partial charge < -0.3 is 0 Å². The number of hydrogen-bond acceptors (Lipinski definition) is 4. The highest BCUT2D eigenvalue weighted by Gasteiger charge is 2.15. The van der Waals surface area contributed by atoms with Crippen LogP contribution in [-0.2, 0) is 6.54 Å². The minimum Gasteiger partial charge on any atom is -0.264 e. The molecule has 0 aliphatic heterocycles. The number of nitro groups is 2. The minimum absolute atomic E-state index is 0.123. The lowest BCUT2D eigenvalue weighted by Gasteiger charge is -1.96. The summed E-state index contributed by atoms with van der Waals surface area (Å²) in [5.74, 6) is 0. The predicted molar refractivity (Wildman–Crippen MR) is 43.8 cm³/mol. The topological polar surface area (TPSA) is 86.3 Å². The zero-order chi connectivity index (χ0) is 9.84. The normalized spacial score (nSPS) is 9.54. The maximum absolute atomic E-state index is 10.4. The van der Waals surface area contributed by atoms with E-state index in [4.69, 9.17) is 0 Å². The van der Waals surface area contributed by atoms with Crippen LogP contribution in [0.25, 0.3) is 0 Å². The molecule has 13 heavy (non-hydrogen) atoms. The average Bonchev–Trinajstić information content (AvgIpc) is 2.03. The summed E-state index contributed by atoms with van der Waals surface area (Å²) in [6, 6.07) is 5.63. The van der Waals surface area contributed by atoms with Crippen LogP contribution in [0.15, 0.2) is 24.3 Å². The summed E-state index contributed by atoms with van der Waals surface area (Å²) in [6.07, 6.45) is 0. The van der Waals surface area contributed by atoms with Gasteiger partial charge in [0.05, 0.1) is 10.5 Å². The van der Waals surface area contributed by atoms with Crippen LogP contribution in [-0.4, -0.2) is 9.85 Å². The molecule has 0 fully saturated rings. The van der Waals surface area contributed by atoms with Gasteiger partial charge in [-0.2, -0.15) is 0 Å². The molecular formula is C7H6N2O4. The van der Waals surface area contributed by atoms with Crippen molar-refractivity contribution in [3.63, 3.8) is 0 Å². The highest BCUT2D eigenvalue weighted by Crippen LogP contribution is 2.17. The molecule has 0 aliphatic carbocycles. The zero-order valence-electron chi connectivity index (χ0n) is 6.54. The minimum atomic E-state index is -0.626. The van der Waals surface area contributed by atoms with E-state index in [1.54, 1.807) is 0 Å². The van der Waals surface area contributed by atoms with E-state index >= 15 is 0 Å². The molecular weight excluding hydrogens is 176 g/mol. The van der Waals surface area contributed by atoms with Gasteiger partial charge in [-0.3, -0.25) is 20.2 Å². The van der Waals surface area contributed by atoms with Crippen molar-refractivity contribution in [2.45, 2.75) is 6.54 Å². The third kappa shape index (κ3) is 2.22. The van der Waals surface area contributed by atoms with E-state index in [9.17, 15) is 20.2 Å². The number of benzene rings is 1. The highest BCUT2D eigenvalue weighted by atomic mass is 16.6. The highest BCUT2D eigenvalue weighted by molar-refractivity contribution is 5.38. The van der Waals surface area contributed by atoms with E-state index in [2.05, 4.69) is 0 Å². The molecule has 0 aliphatic rings. The number of nitro benzene ring substituents is 1. The summed E-state index contributed by atoms with van der Waals surface area (Å²) in [5.41, 5.74) is -0.0864. The molecule has 0 unspecified atom stereocenters. The van der Waals surface area contributed by atoms with Gasteiger partial charge in [0.1, 0.15) is 0 Å². The van der Waals surface area contributed by atoms with Crippen LogP contribution >= 0.6 is 0 Å². The molecule has 0 spiro atoms. The molecule has 6 heteroatoms. The van der Waals surface area contributed by atoms with Crippen LogP contribution in [0.3, 0.4) is 0 Å². The summed E-state index contributed by atoms with van der Waals surface area (Å²) in [4.78, 5) is 19.3. The first-order valence-corrected chi connectivity index (χ1v) is 3.45. The Morgan fingerprint density at radius 2 is 1.77 bits per heavy atom. The Kier molecular flexibility index (Phi) is 2.53. The second-order valence-electron chi connectivity index (χ2n) is 2.38. The molecule has 0 radical (unpaired) electrons. The first-order chi connectivity index (χ1) is 6.11. The maximum Gasteiger partial charge on any atom is 0.279 e. The Bertz CT molecular complexity index is 350. The Morgan fingerprint density at radius 1 is 1.15 bits per heavy atom. The Labute approximate surface area is 73.1 Å². The fourth-order valence-electron chi connectivity index (χ4n) is 0.962.